The summed E-state index contributed by atoms with van der Waals surface area (Å²) in [5.41, 5.74) is 1.35. The molecule has 0 spiro atoms. The van der Waals surface area contributed by atoms with E-state index < -0.39 is 0 Å². The second-order valence-electron chi connectivity index (χ2n) is 6.34. The van der Waals surface area contributed by atoms with Gasteiger partial charge in [-0.05, 0) is 61.6 Å². The lowest BCUT2D eigenvalue weighted by molar-refractivity contribution is -0.132. The van der Waals surface area contributed by atoms with Gasteiger partial charge in [-0.25, -0.2) is 0 Å². The Hall–Kier alpha value is -0.850. The van der Waals surface area contributed by atoms with E-state index in [4.69, 9.17) is 4.74 Å². The van der Waals surface area contributed by atoms with Crippen LogP contribution in [-0.2, 0) is 4.79 Å². The number of carbonyl (C=O) groups excluding carboxylic acids is 1. The van der Waals surface area contributed by atoms with Crippen molar-refractivity contribution in [2.75, 3.05) is 44.8 Å². The van der Waals surface area contributed by atoms with Crippen molar-refractivity contribution in [3.63, 3.8) is 0 Å². The van der Waals surface area contributed by atoms with E-state index in [9.17, 15) is 4.79 Å². The zero-order chi connectivity index (χ0) is 16.8. The monoisotopic (exact) mass is 366 g/mol. The van der Waals surface area contributed by atoms with Crippen molar-refractivity contribution in [2.45, 2.75) is 17.4 Å². The van der Waals surface area contributed by atoms with Crippen LogP contribution in [-0.4, -0.2) is 55.6 Å². The van der Waals surface area contributed by atoms with Crippen molar-refractivity contribution in [3.8, 4) is 5.75 Å². The first-order valence-electron chi connectivity index (χ1n) is 8.64. The highest BCUT2D eigenvalue weighted by Gasteiger charge is 2.25. The molecule has 6 heteroatoms. The molecule has 0 radical (unpaired) electrons. The van der Waals surface area contributed by atoms with E-state index in [1.807, 2.05) is 47.6 Å². The number of carbonyl (C=O) groups is 1. The molecule has 132 valence electrons. The summed E-state index contributed by atoms with van der Waals surface area (Å²) in [6.07, 6.45) is 2.39. The van der Waals surface area contributed by atoms with Crippen LogP contribution in [0.3, 0.4) is 0 Å². The molecule has 24 heavy (non-hydrogen) atoms. The topological polar surface area (TPSA) is 41.6 Å². The lowest BCUT2D eigenvalue weighted by Crippen LogP contribution is -2.34. The number of likely N-dealkylation sites (tertiary alicyclic amines) is 1. The van der Waals surface area contributed by atoms with Gasteiger partial charge in [0.15, 0.2) is 6.61 Å². The van der Waals surface area contributed by atoms with Crippen molar-refractivity contribution < 1.29 is 9.53 Å². The molecule has 1 aromatic rings. The first-order valence-corrected chi connectivity index (χ1v) is 10.7. The van der Waals surface area contributed by atoms with Crippen LogP contribution in [0.1, 0.15) is 23.0 Å². The van der Waals surface area contributed by atoms with Gasteiger partial charge in [-0.1, -0.05) is 12.1 Å². The predicted octanol–water partition coefficient (Wildman–Crippen LogP) is 3.00. The summed E-state index contributed by atoms with van der Waals surface area (Å²) in [4.78, 5) is 14.2. The molecule has 2 heterocycles. The first kappa shape index (κ1) is 18.0. The van der Waals surface area contributed by atoms with Crippen LogP contribution in [0.2, 0.25) is 0 Å². The van der Waals surface area contributed by atoms with Gasteiger partial charge in [0.2, 0.25) is 0 Å². The standard InChI is InChI=1S/C18H26N2O2S2/c1-19-11-14-7-8-20(12-14)17(21)13-22-16-5-3-15(4-6-16)18-23-9-2-10-24-18/h3-6,14,18-19H,2,7-13H2,1H3. The molecule has 0 aromatic heterocycles. The van der Waals surface area contributed by atoms with Gasteiger partial charge in [0.25, 0.3) is 5.91 Å². The fraction of sp³-hybridized carbons (Fsp3) is 0.611. The SMILES string of the molecule is CNCC1CCN(C(=O)COc2ccc(C3SCCCS3)cc2)C1. The van der Waals surface area contributed by atoms with Crippen LogP contribution in [0.4, 0.5) is 0 Å². The molecule has 1 N–H and O–H groups in total. The largest absolute Gasteiger partial charge is 0.484 e. The van der Waals surface area contributed by atoms with Crippen LogP contribution in [0.15, 0.2) is 24.3 Å². The summed E-state index contributed by atoms with van der Waals surface area (Å²) >= 11 is 4.04. The van der Waals surface area contributed by atoms with E-state index in [-0.39, 0.29) is 12.5 Å². The molecular formula is C18H26N2O2S2. The smallest absolute Gasteiger partial charge is 0.260 e. The van der Waals surface area contributed by atoms with Crippen LogP contribution < -0.4 is 10.1 Å². The van der Waals surface area contributed by atoms with E-state index in [2.05, 4.69) is 17.4 Å². The molecule has 0 saturated carbocycles. The molecular weight excluding hydrogens is 340 g/mol. The maximum atomic E-state index is 12.3. The summed E-state index contributed by atoms with van der Waals surface area (Å²) in [6.45, 7) is 2.81. The van der Waals surface area contributed by atoms with Crippen molar-refractivity contribution in [2.24, 2.45) is 5.92 Å². The number of amides is 1. The third kappa shape index (κ3) is 4.83. The Morgan fingerprint density at radius 2 is 2.04 bits per heavy atom. The highest BCUT2D eigenvalue weighted by Crippen LogP contribution is 2.43. The average molecular weight is 367 g/mol. The van der Waals surface area contributed by atoms with Crippen LogP contribution >= 0.6 is 23.5 Å². The molecule has 2 saturated heterocycles. The van der Waals surface area contributed by atoms with Crippen molar-refractivity contribution in [1.82, 2.24) is 10.2 Å². The maximum absolute atomic E-state index is 12.3. The fourth-order valence-corrected chi connectivity index (χ4v) is 6.05. The Kier molecular flexibility index (Phi) is 6.75. The van der Waals surface area contributed by atoms with Gasteiger partial charge in [0.1, 0.15) is 5.75 Å². The number of hydrogen-bond acceptors (Lipinski definition) is 5. The fourth-order valence-electron chi connectivity index (χ4n) is 3.15. The number of hydrogen-bond donors (Lipinski definition) is 1. The second kappa shape index (κ2) is 9.02. The number of thioether (sulfide) groups is 2. The molecule has 1 unspecified atom stereocenters. The average Bonchev–Trinajstić information content (AvgIpc) is 3.10. The minimum Gasteiger partial charge on any atom is -0.484 e. The molecule has 1 amide bonds. The first-order chi connectivity index (χ1) is 11.8. The van der Waals surface area contributed by atoms with Gasteiger partial charge in [0, 0.05) is 13.1 Å². The van der Waals surface area contributed by atoms with Gasteiger partial charge in [0.05, 0.1) is 4.58 Å². The Morgan fingerprint density at radius 3 is 2.75 bits per heavy atom. The van der Waals surface area contributed by atoms with Gasteiger partial charge < -0.3 is 15.0 Å². The van der Waals surface area contributed by atoms with Crippen molar-refractivity contribution in [1.29, 1.82) is 0 Å². The number of rotatable bonds is 6. The third-order valence-electron chi connectivity index (χ3n) is 4.47. The zero-order valence-corrected chi connectivity index (χ0v) is 15.8. The Labute approximate surface area is 153 Å². The molecule has 2 aliphatic rings. The second-order valence-corrected chi connectivity index (χ2v) is 9.06. The summed E-state index contributed by atoms with van der Waals surface area (Å²) < 4.78 is 6.24. The molecule has 2 fully saturated rings. The lowest BCUT2D eigenvalue weighted by Gasteiger charge is -2.21. The summed E-state index contributed by atoms with van der Waals surface area (Å²) in [5, 5.41) is 3.19. The Morgan fingerprint density at radius 1 is 1.29 bits per heavy atom. The summed E-state index contributed by atoms with van der Waals surface area (Å²) in [5.74, 6) is 3.94. The quantitative estimate of drug-likeness (QED) is 0.838. The zero-order valence-electron chi connectivity index (χ0n) is 14.2. The highest BCUT2D eigenvalue weighted by molar-refractivity contribution is 8.16. The van der Waals surface area contributed by atoms with Crippen molar-refractivity contribution >= 4 is 29.4 Å². The lowest BCUT2D eigenvalue weighted by atomic mass is 10.1. The highest BCUT2D eigenvalue weighted by atomic mass is 32.2. The van der Waals surface area contributed by atoms with Gasteiger partial charge in [-0.15, -0.1) is 23.5 Å². The minimum atomic E-state index is 0.0936. The molecule has 2 aliphatic heterocycles. The van der Waals surface area contributed by atoms with E-state index in [1.165, 1.54) is 23.5 Å². The summed E-state index contributed by atoms with van der Waals surface area (Å²) in [7, 11) is 1.96. The van der Waals surface area contributed by atoms with E-state index in [1.54, 1.807) is 0 Å². The molecule has 3 rings (SSSR count). The minimum absolute atomic E-state index is 0.0936. The molecule has 0 bridgehead atoms. The van der Waals surface area contributed by atoms with E-state index in [0.717, 1.165) is 31.8 Å². The van der Waals surface area contributed by atoms with E-state index in [0.29, 0.717) is 10.5 Å². The van der Waals surface area contributed by atoms with Gasteiger partial charge in [-0.3, -0.25) is 4.79 Å². The van der Waals surface area contributed by atoms with Crippen LogP contribution in [0.25, 0.3) is 0 Å². The molecule has 4 nitrogen and oxygen atoms in total. The number of benzene rings is 1. The molecule has 1 aromatic carbocycles. The molecule has 0 aliphatic carbocycles. The van der Waals surface area contributed by atoms with Gasteiger partial charge >= 0.3 is 0 Å². The van der Waals surface area contributed by atoms with Crippen molar-refractivity contribution in [3.05, 3.63) is 29.8 Å². The Balaban J connectivity index is 1.45. The van der Waals surface area contributed by atoms with Crippen LogP contribution in [0, 0.1) is 5.92 Å². The predicted molar refractivity (Wildman–Crippen MR) is 103 cm³/mol. The number of ether oxygens (including phenoxy) is 1. The number of nitrogens with zero attached hydrogens (tertiary/aromatic N) is 1. The van der Waals surface area contributed by atoms with Gasteiger partial charge in [-0.2, -0.15) is 0 Å². The third-order valence-corrected chi connectivity index (χ3v) is 7.49. The normalized spacial score (nSPS) is 21.9. The van der Waals surface area contributed by atoms with Crippen LogP contribution in [0.5, 0.6) is 5.75 Å². The summed E-state index contributed by atoms with van der Waals surface area (Å²) in [6, 6.07) is 8.25. The molecule has 1 atom stereocenters. The van der Waals surface area contributed by atoms with E-state index >= 15 is 0 Å². The number of nitrogens with one attached hydrogen (secondary N) is 1. The maximum Gasteiger partial charge on any atom is 0.260 e. The Bertz CT molecular complexity index is 532.